The van der Waals surface area contributed by atoms with Crippen LogP contribution < -0.4 is 20.7 Å². The summed E-state index contributed by atoms with van der Waals surface area (Å²) in [5.74, 6) is 2.03. The maximum Gasteiger partial charge on any atom is 0.239 e. The van der Waals surface area contributed by atoms with Crippen molar-refractivity contribution in [2.45, 2.75) is 40.2 Å². The molecule has 7 heteroatoms. The minimum atomic E-state index is -0.107. The number of aryl methyl sites for hydroxylation is 1. The summed E-state index contributed by atoms with van der Waals surface area (Å²) in [5.41, 5.74) is 2.22. The highest BCUT2D eigenvalue weighted by Crippen LogP contribution is 2.21. The third kappa shape index (κ3) is 10.2. The molecule has 0 radical (unpaired) electrons. The number of nitrogens with one attached hydrogen (secondary N) is 3. The summed E-state index contributed by atoms with van der Waals surface area (Å²) in [6.45, 7) is 8.90. The van der Waals surface area contributed by atoms with Gasteiger partial charge in [-0.1, -0.05) is 26.0 Å². The van der Waals surface area contributed by atoms with Gasteiger partial charge in [-0.3, -0.25) is 9.79 Å². The average Bonchev–Trinajstić information content (AvgIpc) is 2.66. The van der Waals surface area contributed by atoms with Crippen LogP contribution >= 0.6 is 0 Å². The molecule has 7 nitrogen and oxygen atoms in total. The molecule has 0 aliphatic rings. The molecule has 158 valence electrons. The van der Waals surface area contributed by atoms with E-state index in [0.29, 0.717) is 38.2 Å². The van der Waals surface area contributed by atoms with Crippen molar-refractivity contribution >= 4 is 11.9 Å². The topological polar surface area (TPSA) is 84.0 Å². The lowest BCUT2D eigenvalue weighted by Crippen LogP contribution is -2.43. The minimum Gasteiger partial charge on any atom is -0.493 e. The summed E-state index contributed by atoms with van der Waals surface area (Å²) in [4.78, 5) is 15.9. The lowest BCUT2D eigenvalue weighted by molar-refractivity contribution is -0.120. The van der Waals surface area contributed by atoms with Crippen LogP contribution in [0.4, 0.5) is 0 Å². The first-order valence-electron chi connectivity index (χ1n) is 9.88. The Morgan fingerprint density at radius 2 is 1.96 bits per heavy atom. The van der Waals surface area contributed by atoms with Gasteiger partial charge in [0.25, 0.3) is 0 Å². The number of carbonyl (C=O) groups is 1. The zero-order valence-electron chi connectivity index (χ0n) is 17.9. The molecule has 1 aromatic carbocycles. The number of hydrogen-bond donors (Lipinski definition) is 3. The predicted octanol–water partition coefficient (Wildman–Crippen LogP) is 2.24. The Hall–Kier alpha value is -2.28. The van der Waals surface area contributed by atoms with Crippen LogP contribution in [0, 0.1) is 12.8 Å². The highest BCUT2D eigenvalue weighted by atomic mass is 16.5. The molecule has 28 heavy (non-hydrogen) atoms. The molecule has 0 spiro atoms. The Morgan fingerprint density at radius 1 is 1.18 bits per heavy atom. The van der Waals surface area contributed by atoms with Crippen molar-refractivity contribution in [3.05, 3.63) is 29.3 Å². The van der Waals surface area contributed by atoms with Crippen molar-refractivity contribution in [2.24, 2.45) is 10.9 Å². The van der Waals surface area contributed by atoms with Crippen molar-refractivity contribution in [3.63, 3.8) is 0 Å². The van der Waals surface area contributed by atoms with Crippen LogP contribution in [-0.2, 0) is 16.1 Å². The first-order valence-corrected chi connectivity index (χ1v) is 9.88. The third-order valence-electron chi connectivity index (χ3n) is 4.12. The van der Waals surface area contributed by atoms with Crippen molar-refractivity contribution in [1.82, 2.24) is 16.0 Å². The van der Waals surface area contributed by atoms with Crippen LogP contribution in [0.25, 0.3) is 0 Å². The van der Waals surface area contributed by atoms with Crippen LogP contribution in [-0.4, -0.2) is 52.3 Å². The lowest BCUT2D eigenvalue weighted by atomic mass is 10.1. The van der Waals surface area contributed by atoms with E-state index in [-0.39, 0.29) is 12.5 Å². The van der Waals surface area contributed by atoms with Crippen molar-refractivity contribution < 1.29 is 14.3 Å². The van der Waals surface area contributed by atoms with E-state index in [1.165, 1.54) is 0 Å². The molecule has 0 unspecified atom stereocenters. The van der Waals surface area contributed by atoms with Gasteiger partial charge in [0.1, 0.15) is 5.75 Å². The number of aliphatic imine (C=N–C) groups is 1. The van der Waals surface area contributed by atoms with E-state index in [4.69, 9.17) is 9.47 Å². The van der Waals surface area contributed by atoms with E-state index >= 15 is 0 Å². The summed E-state index contributed by atoms with van der Waals surface area (Å²) in [7, 11) is 3.28. The predicted molar refractivity (Wildman–Crippen MR) is 114 cm³/mol. The van der Waals surface area contributed by atoms with Gasteiger partial charge in [0.15, 0.2) is 5.96 Å². The highest BCUT2D eigenvalue weighted by Gasteiger charge is 2.07. The van der Waals surface area contributed by atoms with E-state index in [1.54, 1.807) is 14.2 Å². The second-order valence-electron chi connectivity index (χ2n) is 7.12. The first kappa shape index (κ1) is 23.8. The lowest BCUT2D eigenvalue weighted by Gasteiger charge is -2.16. The molecule has 1 amide bonds. The summed E-state index contributed by atoms with van der Waals surface area (Å²) in [6, 6.07) is 6.19. The van der Waals surface area contributed by atoms with Gasteiger partial charge in [-0.05, 0) is 37.3 Å². The van der Waals surface area contributed by atoms with E-state index in [2.05, 4.69) is 59.9 Å². The molecule has 0 aliphatic carbocycles. The SMILES string of the molecule is CN=C(NCC(=O)NCCOC)NCc1ccc(C)cc1OCCCC(C)C. The molecule has 3 N–H and O–H groups in total. The number of amides is 1. The van der Waals surface area contributed by atoms with Crippen molar-refractivity contribution in [1.29, 1.82) is 0 Å². The van der Waals surface area contributed by atoms with E-state index < -0.39 is 0 Å². The average molecular weight is 393 g/mol. The summed E-state index contributed by atoms with van der Waals surface area (Å²) < 4.78 is 10.9. The quantitative estimate of drug-likeness (QED) is 0.289. The van der Waals surface area contributed by atoms with Crippen molar-refractivity contribution in [3.8, 4) is 5.75 Å². The molecule has 0 saturated carbocycles. The highest BCUT2D eigenvalue weighted by molar-refractivity contribution is 5.86. The fraction of sp³-hybridized carbons (Fsp3) is 0.619. The summed E-state index contributed by atoms with van der Waals surface area (Å²) in [6.07, 6.45) is 2.20. The number of nitrogens with zero attached hydrogens (tertiary/aromatic N) is 1. The van der Waals surface area contributed by atoms with E-state index in [0.717, 1.165) is 29.7 Å². The Balaban J connectivity index is 2.51. The second-order valence-corrected chi connectivity index (χ2v) is 7.12. The number of carbonyl (C=O) groups excluding carboxylic acids is 1. The number of rotatable bonds is 12. The van der Waals surface area contributed by atoms with Gasteiger partial charge in [0, 0.05) is 32.8 Å². The number of guanidine groups is 1. The number of ether oxygens (including phenoxy) is 2. The fourth-order valence-electron chi connectivity index (χ4n) is 2.53. The van der Waals surface area contributed by atoms with Gasteiger partial charge < -0.3 is 25.4 Å². The number of benzene rings is 1. The zero-order valence-corrected chi connectivity index (χ0v) is 17.9. The normalized spacial score (nSPS) is 11.4. The molecule has 0 bridgehead atoms. The van der Waals surface area contributed by atoms with E-state index in [1.807, 2.05) is 0 Å². The Labute approximate surface area is 169 Å². The molecule has 0 saturated heterocycles. The molecule has 0 fully saturated rings. The molecule has 1 rings (SSSR count). The molecular formula is C21H36N4O3. The van der Waals surface area contributed by atoms with Gasteiger partial charge >= 0.3 is 0 Å². The molecule has 0 aromatic heterocycles. The maximum absolute atomic E-state index is 11.8. The van der Waals surface area contributed by atoms with Crippen LogP contribution in [0.2, 0.25) is 0 Å². The molecule has 0 aliphatic heterocycles. The molecule has 1 aromatic rings. The standard InChI is InChI=1S/C21H36N4O3/c1-16(2)7-6-11-28-19-13-17(3)8-9-18(19)14-24-21(22-4)25-15-20(26)23-10-12-27-5/h8-9,13,16H,6-7,10-12,14-15H2,1-5H3,(H,23,26)(H2,22,24,25). The summed E-state index contributed by atoms with van der Waals surface area (Å²) >= 11 is 0. The van der Waals surface area contributed by atoms with Crippen molar-refractivity contribution in [2.75, 3.05) is 40.5 Å². The smallest absolute Gasteiger partial charge is 0.239 e. The zero-order chi connectivity index (χ0) is 20.8. The molecule has 0 atom stereocenters. The fourth-order valence-corrected chi connectivity index (χ4v) is 2.53. The monoisotopic (exact) mass is 392 g/mol. The van der Waals surface area contributed by atoms with Gasteiger partial charge in [-0.2, -0.15) is 0 Å². The van der Waals surface area contributed by atoms with Gasteiger partial charge in [0.2, 0.25) is 5.91 Å². The Morgan fingerprint density at radius 3 is 2.64 bits per heavy atom. The van der Waals surface area contributed by atoms with Gasteiger partial charge in [0.05, 0.1) is 19.8 Å². The van der Waals surface area contributed by atoms with E-state index in [9.17, 15) is 4.79 Å². The van der Waals surface area contributed by atoms with Gasteiger partial charge in [-0.25, -0.2) is 0 Å². The van der Waals surface area contributed by atoms with Crippen LogP contribution in [0.3, 0.4) is 0 Å². The van der Waals surface area contributed by atoms with Gasteiger partial charge in [-0.15, -0.1) is 0 Å². The largest absolute Gasteiger partial charge is 0.493 e. The maximum atomic E-state index is 11.8. The molecule has 0 heterocycles. The number of hydrogen-bond acceptors (Lipinski definition) is 4. The Kier molecular flexibility index (Phi) is 11.7. The first-order chi connectivity index (χ1) is 13.5. The minimum absolute atomic E-state index is 0.107. The third-order valence-corrected chi connectivity index (χ3v) is 4.12. The molecular weight excluding hydrogens is 356 g/mol. The van der Waals surface area contributed by atoms with Crippen LogP contribution in [0.1, 0.15) is 37.8 Å². The Bertz CT molecular complexity index is 618. The number of methoxy groups -OCH3 is 1. The summed E-state index contributed by atoms with van der Waals surface area (Å²) in [5, 5.41) is 9.00. The van der Waals surface area contributed by atoms with Crippen LogP contribution in [0.15, 0.2) is 23.2 Å². The van der Waals surface area contributed by atoms with Crippen LogP contribution in [0.5, 0.6) is 5.75 Å². The second kappa shape index (κ2) is 13.8.